The molecule has 2 rings (SSSR count). The molecule has 0 spiro atoms. The van der Waals surface area contributed by atoms with Crippen LogP contribution in [0.5, 0.6) is 0 Å². The first-order chi connectivity index (χ1) is 17.4. The minimum Gasteiger partial charge on any atom is -0.354 e. The van der Waals surface area contributed by atoms with Crippen molar-refractivity contribution in [3.05, 3.63) is 23.3 Å². The van der Waals surface area contributed by atoms with Crippen LogP contribution < -0.4 is 5.32 Å². The molecule has 0 aliphatic heterocycles. The van der Waals surface area contributed by atoms with E-state index in [0.29, 0.717) is 0 Å². The lowest BCUT2D eigenvalue weighted by Gasteiger charge is -2.59. The maximum Gasteiger partial charge on any atom is 0.207 e. The molecule has 0 saturated heterocycles. The van der Waals surface area contributed by atoms with Gasteiger partial charge in [0.05, 0.1) is 5.57 Å². The average molecular weight is 525 g/mol. The maximum absolute atomic E-state index is 12.9. The molecule has 1 saturated carbocycles. The van der Waals surface area contributed by atoms with Gasteiger partial charge in [-0.3, -0.25) is 14.4 Å². The van der Waals surface area contributed by atoms with Crippen LogP contribution in [0.25, 0.3) is 0 Å². The van der Waals surface area contributed by atoms with Crippen LogP contribution >= 0.6 is 0 Å². The van der Waals surface area contributed by atoms with Crippen LogP contribution in [0.3, 0.4) is 0 Å². The number of rotatable bonds is 12. The van der Waals surface area contributed by atoms with E-state index in [1.165, 1.54) is 0 Å². The third-order valence-electron chi connectivity index (χ3n) is 10.6. The van der Waals surface area contributed by atoms with Crippen molar-refractivity contribution in [3.63, 3.8) is 0 Å². The van der Waals surface area contributed by atoms with Crippen molar-refractivity contribution < 1.29 is 14.4 Å². The number of carbonyl (C=O) groups is 3. The fourth-order valence-corrected chi connectivity index (χ4v) is 7.43. The molecule has 0 aromatic heterocycles. The highest BCUT2D eigenvalue weighted by atomic mass is 16.1. The van der Waals surface area contributed by atoms with E-state index in [2.05, 4.69) is 66.8 Å². The van der Waals surface area contributed by atoms with Gasteiger partial charge in [-0.25, -0.2) is 0 Å². The normalized spacial score (nSPS) is 30.6. The number of hydrogen-bond acceptors (Lipinski definition) is 4. The first-order valence-corrected chi connectivity index (χ1v) is 14.5. The lowest BCUT2D eigenvalue weighted by molar-refractivity contribution is -0.123. The summed E-state index contributed by atoms with van der Waals surface area (Å²) in [4.78, 5) is 37.1. The first-order valence-electron chi connectivity index (χ1n) is 14.5. The Balaban J connectivity index is 2.46. The minimum atomic E-state index is -0.539. The van der Waals surface area contributed by atoms with Crippen molar-refractivity contribution in [2.24, 2.45) is 33.5 Å². The van der Waals surface area contributed by atoms with E-state index < -0.39 is 5.41 Å². The van der Waals surface area contributed by atoms with Gasteiger partial charge in [-0.1, -0.05) is 73.5 Å². The molecule has 1 amide bonds. The number of Topliss-reactive ketones (excluding diaryl/α,β-unsaturated/α-hetero) is 1. The van der Waals surface area contributed by atoms with E-state index in [9.17, 15) is 19.6 Å². The third kappa shape index (κ3) is 6.32. The summed E-state index contributed by atoms with van der Waals surface area (Å²) >= 11 is 0. The lowest BCUT2D eigenvalue weighted by Crippen LogP contribution is -2.53. The minimum absolute atomic E-state index is 0.00836. The van der Waals surface area contributed by atoms with Gasteiger partial charge in [-0.05, 0) is 87.0 Å². The molecule has 0 heterocycles. The van der Waals surface area contributed by atoms with Crippen LogP contribution in [-0.4, -0.2) is 23.5 Å². The summed E-state index contributed by atoms with van der Waals surface area (Å²) in [6, 6.07) is 2.13. The van der Waals surface area contributed by atoms with Crippen LogP contribution in [0.1, 0.15) is 121 Å². The standard InChI is InChI=1S/C33H52N2O3/c1-11-13-29(4,5)15-17-31(8,35-22-36)18-16-30(6,7)33(10)14-12-26-24(3)28(38)25(21-34)20-32(26,9)27(33)19-23(2)37/h19-20,22,24,26H,11-18H2,1-10H3,(H,35,36)/b27-19-/t24-,26-,31-,32-,33+/m0/s1. The molecule has 0 aromatic rings. The third-order valence-corrected chi connectivity index (χ3v) is 10.6. The van der Waals surface area contributed by atoms with Gasteiger partial charge in [0, 0.05) is 16.9 Å². The molecule has 1 fully saturated rings. The summed E-state index contributed by atoms with van der Waals surface area (Å²) in [7, 11) is 0. The van der Waals surface area contributed by atoms with Gasteiger partial charge >= 0.3 is 0 Å². The number of nitrogens with zero attached hydrogens (tertiary/aromatic N) is 1. The van der Waals surface area contributed by atoms with Crippen molar-refractivity contribution in [2.75, 3.05) is 0 Å². The number of nitrogens with one attached hydrogen (secondary N) is 1. The van der Waals surface area contributed by atoms with Crippen molar-refractivity contribution in [1.29, 1.82) is 5.26 Å². The van der Waals surface area contributed by atoms with E-state index in [0.717, 1.165) is 63.3 Å². The van der Waals surface area contributed by atoms with Crippen LogP contribution in [0.2, 0.25) is 0 Å². The Morgan fingerprint density at radius 2 is 1.74 bits per heavy atom. The van der Waals surface area contributed by atoms with Gasteiger partial charge in [-0.15, -0.1) is 0 Å². The van der Waals surface area contributed by atoms with Gasteiger partial charge in [-0.2, -0.15) is 5.26 Å². The molecule has 38 heavy (non-hydrogen) atoms. The fourth-order valence-electron chi connectivity index (χ4n) is 7.43. The maximum atomic E-state index is 12.9. The van der Waals surface area contributed by atoms with Crippen LogP contribution in [0.15, 0.2) is 23.3 Å². The van der Waals surface area contributed by atoms with E-state index in [1.54, 1.807) is 13.0 Å². The molecular formula is C33H52N2O3. The quantitative estimate of drug-likeness (QED) is 0.211. The molecule has 0 aromatic carbocycles. The number of nitriles is 1. The highest BCUT2D eigenvalue weighted by Crippen LogP contribution is 2.65. The number of hydrogen-bond donors (Lipinski definition) is 1. The molecule has 2 aliphatic rings. The highest BCUT2D eigenvalue weighted by molar-refractivity contribution is 6.02. The molecule has 0 unspecified atom stereocenters. The summed E-state index contributed by atoms with van der Waals surface area (Å²) in [6.45, 7) is 21.4. The SMILES string of the molecule is CCCC(C)(C)CC[C@@](C)(CCC(C)(C)[C@]1(C)CC[C@H]2[C@H](C)C(=O)C(C#N)=C[C@]2(C)/C1=C/C(C)=O)NC=O. The molecule has 5 heteroatoms. The Morgan fingerprint density at radius 1 is 1.13 bits per heavy atom. The van der Waals surface area contributed by atoms with Crippen molar-refractivity contribution >= 4 is 18.0 Å². The number of fused-ring (bicyclic) bond motifs is 1. The zero-order valence-electron chi connectivity index (χ0n) is 25.7. The predicted octanol–water partition coefficient (Wildman–Crippen LogP) is 7.51. The topological polar surface area (TPSA) is 87.0 Å². The molecule has 5 atom stereocenters. The Bertz CT molecular complexity index is 1030. The summed E-state index contributed by atoms with van der Waals surface area (Å²) in [5.41, 5.74) is 0.120. The van der Waals surface area contributed by atoms with Crippen LogP contribution in [0.4, 0.5) is 0 Å². The molecule has 1 N–H and O–H groups in total. The summed E-state index contributed by atoms with van der Waals surface area (Å²) in [5, 5.41) is 12.9. The van der Waals surface area contributed by atoms with E-state index >= 15 is 0 Å². The number of ketones is 2. The first kappa shape index (κ1) is 32.0. The molecular weight excluding hydrogens is 472 g/mol. The van der Waals surface area contributed by atoms with E-state index in [-0.39, 0.29) is 50.8 Å². The second-order valence-electron chi connectivity index (χ2n) is 14.4. The second-order valence-corrected chi connectivity index (χ2v) is 14.4. The van der Waals surface area contributed by atoms with Crippen LogP contribution in [0, 0.1) is 44.8 Å². The predicted molar refractivity (Wildman–Crippen MR) is 154 cm³/mol. The largest absolute Gasteiger partial charge is 0.354 e. The van der Waals surface area contributed by atoms with Crippen molar-refractivity contribution in [1.82, 2.24) is 5.32 Å². The monoisotopic (exact) mass is 524 g/mol. The zero-order chi connectivity index (χ0) is 29.2. The Kier molecular flexibility index (Phi) is 9.67. The smallest absolute Gasteiger partial charge is 0.207 e. The molecule has 0 radical (unpaired) electrons. The van der Waals surface area contributed by atoms with Crippen molar-refractivity contribution in [3.8, 4) is 6.07 Å². The van der Waals surface area contributed by atoms with Gasteiger partial charge in [0.2, 0.25) is 6.41 Å². The van der Waals surface area contributed by atoms with Gasteiger partial charge < -0.3 is 5.32 Å². The number of amides is 1. The van der Waals surface area contributed by atoms with E-state index in [1.807, 2.05) is 13.0 Å². The van der Waals surface area contributed by atoms with Gasteiger partial charge in [0.1, 0.15) is 6.07 Å². The Morgan fingerprint density at radius 3 is 2.26 bits per heavy atom. The molecule has 5 nitrogen and oxygen atoms in total. The van der Waals surface area contributed by atoms with Crippen LogP contribution in [-0.2, 0) is 14.4 Å². The van der Waals surface area contributed by atoms with Gasteiger partial charge in [0.25, 0.3) is 0 Å². The lowest BCUT2D eigenvalue weighted by atomic mass is 9.44. The summed E-state index contributed by atoms with van der Waals surface area (Å²) in [5.74, 6) is -0.286. The molecule has 212 valence electrons. The Hall–Kier alpha value is -2.22. The fraction of sp³-hybridized carbons (Fsp3) is 0.758. The van der Waals surface area contributed by atoms with Gasteiger partial charge in [0.15, 0.2) is 11.6 Å². The summed E-state index contributed by atoms with van der Waals surface area (Å²) in [6.07, 6.45) is 12.2. The molecule has 0 bridgehead atoms. The number of carbonyl (C=O) groups excluding carboxylic acids is 3. The Labute approximate surface area is 231 Å². The van der Waals surface area contributed by atoms with Crippen molar-refractivity contribution in [2.45, 2.75) is 126 Å². The van der Waals surface area contributed by atoms with E-state index in [4.69, 9.17) is 0 Å². The summed E-state index contributed by atoms with van der Waals surface area (Å²) < 4.78 is 0. The highest BCUT2D eigenvalue weighted by Gasteiger charge is 2.58. The zero-order valence-corrected chi connectivity index (χ0v) is 25.7. The number of allylic oxidation sites excluding steroid dienone is 4. The second kappa shape index (κ2) is 11.5. The average Bonchev–Trinajstić information content (AvgIpc) is 2.81. The molecule has 2 aliphatic carbocycles.